The van der Waals surface area contributed by atoms with Gasteiger partial charge >= 0.3 is 16.4 Å². The number of hydrogen-bond donors (Lipinski definition) is 4. The molecule has 1 rings (SSSR count). The molecule has 0 saturated carbocycles. The number of aliphatic hydroxyl groups excluding tert-OH is 3. The van der Waals surface area contributed by atoms with Gasteiger partial charge in [-0.2, -0.15) is 8.42 Å². The summed E-state index contributed by atoms with van der Waals surface area (Å²) < 4.78 is 59.2. The molecule has 6 atom stereocenters. The van der Waals surface area contributed by atoms with E-state index in [1.165, 1.54) is 109 Å². The lowest BCUT2D eigenvalue weighted by Crippen LogP contribution is -2.60. The van der Waals surface area contributed by atoms with Gasteiger partial charge in [0.15, 0.2) is 6.29 Å². The third-order valence-electron chi connectivity index (χ3n) is 11.4. The first-order valence-electron chi connectivity index (χ1n) is 25.4. The Balaban J connectivity index is 2.37. The summed E-state index contributed by atoms with van der Waals surface area (Å²) in [6.45, 7) is 3.86. The molecule has 1 saturated heterocycles. The van der Waals surface area contributed by atoms with Crippen molar-refractivity contribution in [2.24, 2.45) is 0 Å². The van der Waals surface area contributed by atoms with Gasteiger partial charge < -0.3 is 34.3 Å². The van der Waals surface area contributed by atoms with Crippen LogP contribution in [0.25, 0.3) is 0 Å². The smallest absolute Gasteiger partial charge is 0.397 e. The summed E-state index contributed by atoms with van der Waals surface area (Å²) in [6, 6.07) is 0. The Morgan fingerprint density at radius 1 is 0.609 bits per heavy atom. The van der Waals surface area contributed by atoms with E-state index in [-0.39, 0.29) is 19.6 Å². The molecular formula is C51H92O12S. The molecule has 1 aliphatic rings. The maximum atomic E-state index is 12.9. The van der Waals surface area contributed by atoms with Crippen LogP contribution in [-0.2, 0) is 38.3 Å². The first-order chi connectivity index (χ1) is 31.1. The topological polar surface area (TPSA) is 178 Å². The molecule has 6 unspecified atom stereocenters. The third-order valence-corrected chi connectivity index (χ3v) is 11.9. The van der Waals surface area contributed by atoms with Crippen LogP contribution in [0.2, 0.25) is 0 Å². The number of ether oxygens (including phenoxy) is 4. The van der Waals surface area contributed by atoms with Crippen LogP contribution >= 0.6 is 0 Å². The molecule has 1 fully saturated rings. The van der Waals surface area contributed by atoms with Crippen LogP contribution in [0.5, 0.6) is 0 Å². The molecule has 1 aliphatic heterocycles. The molecule has 0 radical (unpaired) electrons. The van der Waals surface area contributed by atoms with Crippen molar-refractivity contribution in [2.75, 3.05) is 26.4 Å². The summed E-state index contributed by atoms with van der Waals surface area (Å²) in [5, 5.41) is 30.7. The predicted octanol–water partition coefficient (Wildman–Crippen LogP) is 11.5. The molecule has 64 heavy (non-hydrogen) atoms. The normalized spacial score (nSPS) is 20.1. The Morgan fingerprint density at radius 3 is 1.59 bits per heavy atom. The highest BCUT2D eigenvalue weighted by Gasteiger charge is 2.48. The van der Waals surface area contributed by atoms with E-state index in [1.54, 1.807) is 0 Å². The average Bonchev–Trinajstić information content (AvgIpc) is 3.27. The standard InChI is InChI=1S/C51H92O12S/c1-3-5-7-9-11-13-15-17-19-21-22-23-24-25-26-28-30-32-34-36-38-40-47(53)61-45(44-60-51-49(55)50(63-64(56,57)58)48(54)46(42-52)62-51)43-59-41-39-37-35-33-31-29-27-20-18-16-14-12-10-8-6-4-2/h6,8,12,14,18,20-22,45-46,48-52,54-55H,3-5,7,9-11,13,15-17,19,23-44H2,1-2H3,(H,56,57,58)/b8-6-,14-12-,20-18-,22-21-. The Labute approximate surface area is 389 Å². The zero-order valence-electron chi connectivity index (χ0n) is 40.1. The second-order valence-corrected chi connectivity index (χ2v) is 18.4. The van der Waals surface area contributed by atoms with E-state index in [0.717, 1.165) is 70.6 Å². The fourth-order valence-corrected chi connectivity index (χ4v) is 8.13. The summed E-state index contributed by atoms with van der Waals surface area (Å²) in [5.74, 6) is -0.406. The highest BCUT2D eigenvalue weighted by atomic mass is 32.3. The molecule has 374 valence electrons. The van der Waals surface area contributed by atoms with Gasteiger partial charge in [-0.3, -0.25) is 9.35 Å². The number of aliphatic hydroxyl groups is 3. The van der Waals surface area contributed by atoms with E-state index in [1.807, 2.05) is 0 Å². The average molecular weight is 929 g/mol. The van der Waals surface area contributed by atoms with Gasteiger partial charge in [-0.25, -0.2) is 4.18 Å². The van der Waals surface area contributed by atoms with Crippen molar-refractivity contribution in [3.63, 3.8) is 0 Å². The molecule has 13 heteroatoms. The molecule has 0 amide bonds. The van der Waals surface area contributed by atoms with Crippen LogP contribution in [0.3, 0.4) is 0 Å². The van der Waals surface area contributed by atoms with Gasteiger partial charge in [-0.15, -0.1) is 0 Å². The Bertz CT molecular complexity index is 1300. The van der Waals surface area contributed by atoms with Gasteiger partial charge in [0, 0.05) is 13.0 Å². The van der Waals surface area contributed by atoms with Gasteiger partial charge in [0.1, 0.15) is 30.5 Å². The summed E-state index contributed by atoms with van der Waals surface area (Å²) in [4.78, 5) is 12.9. The number of unbranched alkanes of at least 4 members (excludes halogenated alkanes) is 23. The maximum absolute atomic E-state index is 12.9. The number of carbonyl (C=O) groups excluding carboxylic acids is 1. The highest BCUT2D eigenvalue weighted by molar-refractivity contribution is 7.80. The van der Waals surface area contributed by atoms with Crippen LogP contribution < -0.4 is 0 Å². The van der Waals surface area contributed by atoms with E-state index in [4.69, 9.17) is 18.9 Å². The first-order valence-corrected chi connectivity index (χ1v) is 26.8. The van der Waals surface area contributed by atoms with Crippen LogP contribution in [0.15, 0.2) is 48.6 Å². The molecule has 0 aliphatic carbocycles. The number of hydrogen-bond acceptors (Lipinski definition) is 11. The van der Waals surface area contributed by atoms with Crippen molar-refractivity contribution >= 4 is 16.4 Å². The van der Waals surface area contributed by atoms with Crippen LogP contribution in [0.1, 0.15) is 206 Å². The van der Waals surface area contributed by atoms with Gasteiger partial charge in [-0.05, 0) is 70.6 Å². The van der Waals surface area contributed by atoms with Gasteiger partial charge in [-0.1, -0.05) is 178 Å². The minimum atomic E-state index is -5.07. The Morgan fingerprint density at radius 2 is 1.08 bits per heavy atom. The SMILES string of the molecule is CC/C=C\C/C=C\C/C=C\CCCCCCCCOCC(COC1OC(CO)C(O)C(OS(=O)(=O)O)C1O)OC(=O)CCCCCCCCCCC/C=C\CCCCCCCCCC. The molecule has 0 bridgehead atoms. The summed E-state index contributed by atoms with van der Waals surface area (Å²) in [5.41, 5.74) is 0. The molecule has 4 N–H and O–H groups in total. The predicted molar refractivity (Wildman–Crippen MR) is 257 cm³/mol. The Kier molecular flexibility index (Phi) is 39.8. The molecule has 0 aromatic carbocycles. The minimum Gasteiger partial charge on any atom is -0.457 e. The van der Waals surface area contributed by atoms with E-state index in [9.17, 15) is 33.1 Å². The molecule has 0 aromatic heterocycles. The monoisotopic (exact) mass is 929 g/mol. The number of carbonyl (C=O) groups is 1. The molecule has 0 spiro atoms. The molecule has 12 nitrogen and oxygen atoms in total. The quantitative estimate of drug-likeness (QED) is 0.0197. The summed E-state index contributed by atoms with van der Waals surface area (Å²) >= 11 is 0. The van der Waals surface area contributed by atoms with Crippen molar-refractivity contribution in [3.05, 3.63) is 48.6 Å². The number of rotatable bonds is 44. The van der Waals surface area contributed by atoms with E-state index in [2.05, 4.69) is 66.6 Å². The highest BCUT2D eigenvalue weighted by Crippen LogP contribution is 2.26. The Hall–Kier alpha value is -1.94. The van der Waals surface area contributed by atoms with Crippen molar-refractivity contribution in [1.29, 1.82) is 0 Å². The maximum Gasteiger partial charge on any atom is 0.397 e. The lowest BCUT2D eigenvalue weighted by atomic mass is 9.99. The van der Waals surface area contributed by atoms with Gasteiger partial charge in [0.25, 0.3) is 0 Å². The van der Waals surface area contributed by atoms with Crippen molar-refractivity contribution in [1.82, 2.24) is 0 Å². The lowest BCUT2D eigenvalue weighted by Gasteiger charge is -2.41. The van der Waals surface area contributed by atoms with Crippen molar-refractivity contribution in [2.45, 2.75) is 243 Å². The lowest BCUT2D eigenvalue weighted by molar-refractivity contribution is -0.301. The second kappa shape index (κ2) is 42.4. The first kappa shape index (κ1) is 60.1. The largest absolute Gasteiger partial charge is 0.457 e. The summed E-state index contributed by atoms with van der Waals surface area (Å²) in [7, 11) is -5.07. The zero-order valence-corrected chi connectivity index (χ0v) is 40.9. The third kappa shape index (κ3) is 35.3. The number of allylic oxidation sites excluding steroid dienone is 8. The van der Waals surface area contributed by atoms with Crippen molar-refractivity contribution < 1.29 is 56.2 Å². The fourth-order valence-electron chi connectivity index (χ4n) is 7.62. The van der Waals surface area contributed by atoms with E-state index in [0.29, 0.717) is 13.0 Å². The molecule has 1 heterocycles. The van der Waals surface area contributed by atoms with Crippen LogP contribution in [0.4, 0.5) is 0 Å². The fraction of sp³-hybridized carbons (Fsp3) is 0.824. The van der Waals surface area contributed by atoms with Gasteiger partial charge in [0.2, 0.25) is 0 Å². The van der Waals surface area contributed by atoms with Gasteiger partial charge in [0.05, 0.1) is 19.8 Å². The van der Waals surface area contributed by atoms with Crippen LogP contribution in [0, 0.1) is 0 Å². The zero-order chi connectivity index (χ0) is 46.8. The van der Waals surface area contributed by atoms with Crippen molar-refractivity contribution in [3.8, 4) is 0 Å². The number of esters is 1. The minimum absolute atomic E-state index is 0.0259. The second-order valence-electron chi connectivity index (χ2n) is 17.4. The van der Waals surface area contributed by atoms with E-state index >= 15 is 0 Å². The van der Waals surface area contributed by atoms with E-state index < -0.39 is 59.8 Å². The van der Waals surface area contributed by atoms with Crippen LogP contribution in [-0.4, -0.2) is 97.5 Å². The molecule has 0 aromatic rings. The summed E-state index contributed by atoms with van der Waals surface area (Å²) in [6.07, 6.45) is 42.9. The molecular weight excluding hydrogens is 837 g/mol.